The Bertz CT molecular complexity index is 509. The van der Waals surface area contributed by atoms with E-state index in [9.17, 15) is 8.42 Å². The number of aliphatic hydroxyl groups excluding tert-OH is 1. The van der Waals surface area contributed by atoms with Gasteiger partial charge in [-0.3, -0.25) is 0 Å². The maximum atomic E-state index is 12.4. The Hall–Kier alpha value is -0.630. The first-order chi connectivity index (χ1) is 8.47. The summed E-state index contributed by atoms with van der Waals surface area (Å²) in [6, 6.07) is 1.32. The minimum absolute atomic E-state index is 0.0295. The molecule has 1 aromatic rings. The molecule has 0 saturated carbocycles. The number of hydrogen-bond donors (Lipinski definition) is 1. The molecule has 0 radical (unpaired) electrons. The Balaban J connectivity index is 3.16. The summed E-state index contributed by atoms with van der Waals surface area (Å²) in [6.45, 7) is 5.75. The van der Waals surface area contributed by atoms with Crippen LogP contribution in [-0.2, 0) is 16.6 Å². The molecule has 1 rings (SSSR count). The molecular formula is C11H16BrNO4S. The molecule has 0 bridgehead atoms. The highest BCUT2D eigenvalue weighted by Gasteiger charge is 2.28. The molecule has 0 unspecified atom stereocenters. The smallest absolute Gasteiger partial charge is 0.247 e. The van der Waals surface area contributed by atoms with Crippen molar-refractivity contribution in [3.05, 3.63) is 29.2 Å². The fourth-order valence-corrected chi connectivity index (χ4v) is 3.96. The molecule has 0 atom stereocenters. The van der Waals surface area contributed by atoms with Crippen molar-refractivity contribution in [1.82, 2.24) is 4.31 Å². The van der Waals surface area contributed by atoms with E-state index in [2.05, 4.69) is 22.5 Å². The molecule has 0 fully saturated rings. The second kappa shape index (κ2) is 6.51. The van der Waals surface area contributed by atoms with E-state index < -0.39 is 10.0 Å². The monoisotopic (exact) mass is 337 g/mol. The van der Waals surface area contributed by atoms with E-state index in [0.717, 1.165) is 0 Å². The van der Waals surface area contributed by atoms with Crippen LogP contribution in [0.15, 0.2) is 32.7 Å². The van der Waals surface area contributed by atoms with Crippen LogP contribution >= 0.6 is 15.9 Å². The highest BCUT2D eigenvalue weighted by atomic mass is 79.9. The van der Waals surface area contributed by atoms with Crippen molar-refractivity contribution in [2.45, 2.75) is 24.8 Å². The van der Waals surface area contributed by atoms with Crippen molar-refractivity contribution >= 4 is 26.0 Å². The molecule has 0 saturated heterocycles. The lowest BCUT2D eigenvalue weighted by Gasteiger charge is -2.18. The quantitative estimate of drug-likeness (QED) is 0.773. The van der Waals surface area contributed by atoms with Crippen molar-refractivity contribution in [2.24, 2.45) is 0 Å². The zero-order chi connectivity index (χ0) is 13.8. The molecule has 1 N–H and O–H groups in total. The number of rotatable bonds is 7. The van der Waals surface area contributed by atoms with Gasteiger partial charge in [0.15, 0.2) is 4.67 Å². The van der Waals surface area contributed by atoms with Gasteiger partial charge in [0, 0.05) is 19.2 Å². The summed E-state index contributed by atoms with van der Waals surface area (Å²) in [6.07, 6.45) is 2.24. The van der Waals surface area contributed by atoms with Gasteiger partial charge in [0.2, 0.25) is 10.0 Å². The van der Waals surface area contributed by atoms with Crippen LogP contribution in [0.3, 0.4) is 0 Å². The Morgan fingerprint density at radius 1 is 1.61 bits per heavy atom. The molecule has 0 spiro atoms. The lowest BCUT2D eigenvalue weighted by atomic mass is 10.5. The molecule has 0 aliphatic carbocycles. The molecule has 5 nitrogen and oxygen atoms in total. The van der Waals surface area contributed by atoms with Crippen LogP contribution < -0.4 is 0 Å². The Morgan fingerprint density at radius 2 is 2.28 bits per heavy atom. The first kappa shape index (κ1) is 15.4. The van der Waals surface area contributed by atoms with E-state index in [1.54, 1.807) is 0 Å². The molecule has 0 aliphatic heterocycles. The summed E-state index contributed by atoms with van der Waals surface area (Å²) in [5.74, 6) is 0.204. The van der Waals surface area contributed by atoms with Crippen LogP contribution in [0.25, 0.3) is 0 Å². The van der Waals surface area contributed by atoms with Gasteiger partial charge in [0.25, 0.3) is 0 Å². The average molecular weight is 338 g/mol. The summed E-state index contributed by atoms with van der Waals surface area (Å²) >= 11 is 3.05. The SMILES string of the molecule is C=CCN(CCC)S(=O)(=O)c1cc(CO)oc1Br. The predicted molar refractivity (Wildman–Crippen MR) is 71.6 cm³/mol. The van der Waals surface area contributed by atoms with Gasteiger partial charge >= 0.3 is 0 Å². The van der Waals surface area contributed by atoms with E-state index in [1.807, 2.05) is 6.92 Å². The number of sulfonamides is 1. The zero-order valence-corrected chi connectivity index (χ0v) is 12.5. The minimum Gasteiger partial charge on any atom is -0.450 e. The number of hydrogen-bond acceptors (Lipinski definition) is 4. The third-order valence-electron chi connectivity index (χ3n) is 2.29. The number of nitrogens with zero attached hydrogens (tertiary/aromatic N) is 1. The Labute approximate surface area is 115 Å². The van der Waals surface area contributed by atoms with Crippen molar-refractivity contribution in [1.29, 1.82) is 0 Å². The summed E-state index contributed by atoms with van der Waals surface area (Å²) < 4.78 is 31.3. The van der Waals surface area contributed by atoms with Gasteiger partial charge in [-0.2, -0.15) is 4.31 Å². The molecule has 0 aromatic carbocycles. The average Bonchev–Trinajstić information content (AvgIpc) is 2.71. The second-order valence-electron chi connectivity index (χ2n) is 3.66. The van der Waals surface area contributed by atoms with Gasteiger partial charge in [0.1, 0.15) is 17.3 Å². The first-order valence-corrected chi connectivity index (χ1v) is 7.70. The molecule has 1 aromatic heterocycles. The zero-order valence-electron chi connectivity index (χ0n) is 10.1. The van der Waals surface area contributed by atoms with Crippen LogP contribution in [0.2, 0.25) is 0 Å². The second-order valence-corrected chi connectivity index (χ2v) is 6.29. The number of furan rings is 1. The van der Waals surface area contributed by atoms with Crippen molar-refractivity contribution in [2.75, 3.05) is 13.1 Å². The van der Waals surface area contributed by atoms with E-state index in [4.69, 9.17) is 9.52 Å². The van der Waals surface area contributed by atoms with E-state index in [0.29, 0.717) is 13.0 Å². The highest BCUT2D eigenvalue weighted by molar-refractivity contribution is 9.10. The summed E-state index contributed by atoms with van der Waals surface area (Å²) in [5.41, 5.74) is 0. The third kappa shape index (κ3) is 3.23. The van der Waals surface area contributed by atoms with Gasteiger partial charge in [-0.1, -0.05) is 13.0 Å². The molecule has 1 heterocycles. The summed E-state index contributed by atoms with van der Waals surface area (Å²) in [7, 11) is -3.63. The molecule has 0 aliphatic rings. The summed E-state index contributed by atoms with van der Waals surface area (Å²) in [4.78, 5) is 0.0295. The molecule has 0 amide bonds. The Morgan fingerprint density at radius 3 is 2.72 bits per heavy atom. The number of halogens is 1. The number of aliphatic hydroxyl groups is 1. The van der Waals surface area contributed by atoms with Gasteiger partial charge in [0.05, 0.1) is 0 Å². The molecule has 7 heteroatoms. The van der Waals surface area contributed by atoms with Crippen LogP contribution in [0.1, 0.15) is 19.1 Å². The van der Waals surface area contributed by atoms with E-state index in [1.165, 1.54) is 16.4 Å². The molecule has 102 valence electrons. The van der Waals surface area contributed by atoms with Crippen LogP contribution in [-0.4, -0.2) is 30.9 Å². The van der Waals surface area contributed by atoms with E-state index in [-0.39, 0.29) is 28.5 Å². The summed E-state index contributed by atoms with van der Waals surface area (Å²) in [5, 5.41) is 8.95. The lowest BCUT2D eigenvalue weighted by Crippen LogP contribution is -2.31. The third-order valence-corrected chi connectivity index (χ3v) is 5.01. The first-order valence-electron chi connectivity index (χ1n) is 5.47. The van der Waals surface area contributed by atoms with Gasteiger partial charge in [-0.05, 0) is 22.4 Å². The fourth-order valence-electron chi connectivity index (χ4n) is 1.49. The minimum atomic E-state index is -3.63. The maximum Gasteiger partial charge on any atom is 0.247 e. The highest BCUT2D eigenvalue weighted by Crippen LogP contribution is 2.28. The van der Waals surface area contributed by atoms with Gasteiger partial charge in [-0.15, -0.1) is 6.58 Å². The maximum absolute atomic E-state index is 12.4. The lowest BCUT2D eigenvalue weighted by molar-refractivity contribution is 0.245. The normalized spacial score (nSPS) is 12.0. The van der Waals surface area contributed by atoms with Crippen LogP contribution in [0.5, 0.6) is 0 Å². The predicted octanol–water partition coefficient (Wildman–Crippen LogP) is 2.12. The van der Waals surface area contributed by atoms with Gasteiger partial charge < -0.3 is 9.52 Å². The molecule has 18 heavy (non-hydrogen) atoms. The fraction of sp³-hybridized carbons (Fsp3) is 0.455. The van der Waals surface area contributed by atoms with E-state index >= 15 is 0 Å². The Kier molecular flexibility index (Phi) is 5.58. The largest absolute Gasteiger partial charge is 0.450 e. The van der Waals surface area contributed by atoms with Crippen molar-refractivity contribution in [3.8, 4) is 0 Å². The van der Waals surface area contributed by atoms with Crippen molar-refractivity contribution in [3.63, 3.8) is 0 Å². The van der Waals surface area contributed by atoms with Crippen LogP contribution in [0, 0.1) is 0 Å². The standard InChI is InChI=1S/C11H16BrNO4S/c1-3-5-13(6-4-2)18(15,16)10-7-9(8-14)17-11(10)12/h3,7,14H,1,4-6,8H2,2H3. The van der Waals surface area contributed by atoms with Gasteiger partial charge in [-0.25, -0.2) is 8.42 Å². The van der Waals surface area contributed by atoms with Crippen molar-refractivity contribution < 1.29 is 17.9 Å². The molecular weight excluding hydrogens is 322 g/mol. The topological polar surface area (TPSA) is 70.8 Å². The van der Waals surface area contributed by atoms with Crippen LogP contribution in [0.4, 0.5) is 0 Å².